The summed E-state index contributed by atoms with van der Waals surface area (Å²) in [6.45, 7) is 1.98. The van der Waals surface area contributed by atoms with E-state index in [1.807, 2.05) is 6.92 Å². The van der Waals surface area contributed by atoms with E-state index in [9.17, 15) is 19.5 Å². The van der Waals surface area contributed by atoms with Gasteiger partial charge in [0.2, 0.25) is 0 Å². The summed E-state index contributed by atoms with van der Waals surface area (Å²) in [5.41, 5.74) is -0.260. The number of thioether (sulfide) groups is 1. The summed E-state index contributed by atoms with van der Waals surface area (Å²) in [6, 6.07) is 7.03. The first-order valence-corrected chi connectivity index (χ1v) is 10.7. The van der Waals surface area contributed by atoms with Crippen molar-refractivity contribution in [3.63, 3.8) is 0 Å². The normalized spacial score (nSPS) is 12.1. The highest BCUT2D eigenvalue weighted by atomic mass is 32.2. The van der Waals surface area contributed by atoms with Crippen molar-refractivity contribution in [2.24, 2.45) is 14.1 Å². The number of fused-ring (bicyclic) bond motifs is 1. The number of benzene rings is 1. The van der Waals surface area contributed by atoms with Gasteiger partial charge in [0.05, 0.1) is 7.11 Å². The average molecular weight is 445 g/mol. The van der Waals surface area contributed by atoms with Crippen LogP contribution in [0.5, 0.6) is 5.75 Å². The van der Waals surface area contributed by atoms with Crippen molar-refractivity contribution in [1.29, 1.82) is 0 Å². The number of aromatic nitrogens is 4. The summed E-state index contributed by atoms with van der Waals surface area (Å²) in [5, 5.41) is 9.29. The van der Waals surface area contributed by atoms with Crippen LogP contribution in [0.25, 0.3) is 22.4 Å². The van der Waals surface area contributed by atoms with E-state index in [2.05, 4.69) is 9.97 Å². The number of aryl methyl sites for hydroxylation is 1. The van der Waals surface area contributed by atoms with Gasteiger partial charge in [0, 0.05) is 19.7 Å². The third-order valence-corrected chi connectivity index (χ3v) is 6.20. The van der Waals surface area contributed by atoms with Crippen molar-refractivity contribution < 1.29 is 14.6 Å². The van der Waals surface area contributed by atoms with Gasteiger partial charge in [-0.3, -0.25) is 18.7 Å². The number of hydrogen-bond acceptors (Lipinski definition) is 7. The lowest BCUT2D eigenvalue weighted by Gasteiger charge is -2.15. The molecule has 0 bridgehead atoms. The number of unbranched alkanes of at least 4 members (excludes halogenated alkanes) is 1. The number of carboxylic acid groups (broad SMARTS) is 1. The SMILES string of the molecule is CCCCC(Sc1nc(-c2ccc(OC)cc2)nc2c1c(=O)n(C)c(=O)n2C)C(=O)O. The number of aliphatic carboxylic acids is 1. The zero-order chi connectivity index (χ0) is 22.7. The van der Waals surface area contributed by atoms with Crippen LogP contribution in [-0.2, 0) is 18.9 Å². The second kappa shape index (κ2) is 9.34. The van der Waals surface area contributed by atoms with Crippen LogP contribution < -0.4 is 16.0 Å². The molecule has 164 valence electrons. The molecule has 2 aromatic heterocycles. The lowest BCUT2D eigenvalue weighted by Crippen LogP contribution is -2.37. The summed E-state index contributed by atoms with van der Waals surface area (Å²) in [4.78, 5) is 46.2. The zero-order valence-electron chi connectivity index (χ0n) is 17.8. The molecule has 1 atom stereocenters. The monoisotopic (exact) mass is 444 g/mol. The van der Waals surface area contributed by atoms with Crippen LogP contribution in [-0.4, -0.2) is 42.5 Å². The summed E-state index contributed by atoms with van der Waals surface area (Å²) in [6.07, 6.45) is 2.02. The van der Waals surface area contributed by atoms with E-state index in [0.29, 0.717) is 23.6 Å². The molecular weight excluding hydrogens is 420 g/mol. The first-order chi connectivity index (χ1) is 14.8. The fourth-order valence-electron chi connectivity index (χ4n) is 3.14. The van der Waals surface area contributed by atoms with Gasteiger partial charge in [-0.05, 0) is 30.7 Å². The molecule has 1 aromatic carbocycles. The molecule has 0 saturated carbocycles. The third kappa shape index (κ3) is 4.48. The molecule has 0 aliphatic heterocycles. The largest absolute Gasteiger partial charge is 0.497 e. The highest BCUT2D eigenvalue weighted by Gasteiger charge is 2.24. The molecular formula is C21H24N4O5S. The average Bonchev–Trinajstić information content (AvgIpc) is 2.78. The van der Waals surface area contributed by atoms with E-state index in [0.717, 1.165) is 29.2 Å². The van der Waals surface area contributed by atoms with Gasteiger partial charge < -0.3 is 9.84 Å². The van der Waals surface area contributed by atoms with E-state index >= 15 is 0 Å². The van der Waals surface area contributed by atoms with Crippen molar-refractivity contribution in [2.75, 3.05) is 7.11 Å². The van der Waals surface area contributed by atoms with Crippen LogP contribution in [0.2, 0.25) is 0 Å². The molecule has 3 aromatic rings. The molecule has 0 saturated heterocycles. The minimum absolute atomic E-state index is 0.134. The molecule has 0 spiro atoms. The van der Waals surface area contributed by atoms with Crippen LogP contribution in [0, 0.1) is 0 Å². The minimum Gasteiger partial charge on any atom is -0.497 e. The molecule has 3 rings (SSSR count). The van der Waals surface area contributed by atoms with Crippen molar-refractivity contribution in [3.05, 3.63) is 45.1 Å². The molecule has 9 nitrogen and oxygen atoms in total. The standard InChI is InChI=1S/C21H24N4O5S/c1-5-6-7-14(20(27)28)31-18-15-17(24(2)21(29)25(3)19(15)26)22-16(23-18)12-8-10-13(30-4)11-9-12/h8-11,14H,5-7H2,1-4H3,(H,27,28). The van der Waals surface area contributed by atoms with Crippen molar-refractivity contribution in [2.45, 2.75) is 36.5 Å². The maximum absolute atomic E-state index is 12.9. The van der Waals surface area contributed by atoms with Crippen LogP contribution >= 0.6 is 11.8 Å². The van der Waals surface area contributed by atoms with Gasteiger partial charge in [-0.15, -0.1) is 0 Å². The summed E-state index contributed by atoms with van der Waals surface area (Å²) in [5.74, 6) is -0.0238. The summed E-state index contributed by atoms with van der Waals surface area (Å²) in [7, 11) is 4.46. The van der Waals surface area contributed by atoms with E-state index < -0.39 is 22.5 Å². The highest BCUT2D eigenvalue weighted by Crippen LogP contribution is 2.31. The van der Waals surface area contributed by atoms with Gasteiger partial charge in [0.1, 0.15) is 21.4 Å². The maximum atomic E-state index is 12.9. The quantitative estimate of drug-likeness (QED) is 0.416. The van der Waals surface area contributed by atoms with Crippen LogP contribution in [0.3, 0.4) is 0 Å². The molecule has 0 aliphatic carbocycles. The van der Waals surface area contributed by atoms with Gasteiger partial charge in [-0.2, -0.15) is 0 Å². The van der Waals surface area contributed by atoms with Crippen LogP contribution in [0.1, 0.15) is 26.2 Å². The Morgan fingerprint density at radius 3 is 2.42 bits per heavy atom. The number of hydrogen-bond donors (Lipinski definition) is 1. The van der Waals surface area contributed by atoms with Crippen LogP contribution in [0.4, 0.5) is 0 Å². The Labute approximate surface area is 182 Å². The van der Waals surface area contributed by atoms with Crippen molar-refractivity contribution >= 4 is 28.8 Å². The molecule has 2 heterocycles. The van der Waals surface area contributed by atoms with E-state index in [1.165, 1.54) is 18.7 Å². The predicted octanol–water partition coefficient (Wildman–Crippen LogP) is 2.44. The van der Waals surface area contributed by atoms with E-state index in [-0.39, 0.29) is 16.1 Å². The number of carboxylic acids is 1. The Balaban J connectivity index is 2.27. The minimum atomic E-state index is -0.974. The fourth-order valence-corrected chi connectivity index (χ4v) is 4.23. The first kappa shape index (κ1) is 22.5. The second-order valence-corrected chi connectivity index (χ2v) is 8.26. The molecule has 0 aliphatic rings. The number of rotatable bonds is 8. The topological polar surface area (TPSA) is 116 Å². The van der Waals surface area contributed by atoms with Gasteiger partial charge in [0.15, 0.2) is 11.5 Å². The molecule has 0 radical (unpaired) electrons. The highest BCUT2D eigenvalue weighted by molar-refractivity contribution is 8.00. The third-order valence-electron chi connectivity index (χ3n) is 4.96. The van der Waals surface area contributed by atoms with Gasteiger partial charge >= 0.3 is 11.7 Å². The van der Waals surface area contributed by atoms with Gasteiger partial charge in [-0.25, -0.2) is 14.8 Å². The first-order valence-electron chi connectivity index (χ1n) is 9.80. The predicted molar refractivity (Wildman–Crippen MR) is 119 cm³/mol. The Hall–Kier alpha value is -3.14. The Kier molecular flexibility index (Phi) is 6.79. The lowest BCUT2D eigenvalue weighted by atomic mass is 10.2. The zero-order valence-corrected chi connectivity index (χ0v) is 18.6. The number of nitrogens with zero attached hydrogens (tertiary/aromatic N) is 4. The molecule has 10 heteroatoms. The molecule has 1 N–H and O–H groups in total. The Bertz CT molecular complexity index is 1230. The Morgan fingerprint density at radius 1 is 1.16 bits per heavy atom. The molecule has 0 amide bonds. The number of carbonyl (C=O) groups is 1. The maximum Gasteiger partial charge on any atom is 0.332 e. The smallest absolute Gasteiger partial charge is 0.332 e. The fraction of sp³-hybridized carbons (Fsp3) is 0.381. The second-order valence-electron chi connectivity index (χ2n) is 7.07. The van der Waals surface area contributed by atoms with E-state index in [4.69, 9.17) is 4.74 Å². The molecule has 1 unspecified atom stereocenters. The molecule has 0 fully saturated rings. The summed E-state index contributed by atoms with van der Waals surface area (Å²) >= 11 is 1.02. The van der Waals surface area contributed by atoms with Crippen LogP contribution in [0.15, 0.2) is 38.9 Å². The van der Waals surface area contributed by atoms with Crippen molar-refractivity contribution in [3.8, 4) is 17.1 Å². The van der Waals surface area contributed by atoms with Crippen molar-refractivity contribution in [1.82, 2.24) is 19.1 Å². The Morgan fingerprint density at radius 2 is 1.84 bits per heavy atom. The van der Waals surface area contributed by atoms with Gasteiger partial charge in [0.25, 0.3) is 5.56 Å². The lowest BCUT2D eigenvalue weighted by molar-refractivity contribution is -0.136. The number of methoxy groups -OCH3 is 1. The number of ether oxygens (including phenoxy) is 1. The summed E-state index contributed by atoms with van der Waals surface area (Å²) < 4.78 is 7.43. The molecule has 31 heavy (non-hydrogen) atoms. The van der Waals surface area contributed by atoms with E-state index in [1.54, 1.807) is 31.4 Å². The van der Waals surface area contributed by atoms with Gasteiger partial charge in [-0.1, -0.05) is 31.5 Å².